The topological polar surface area (TPSA) is 84.5 Å². The van der Waals surface area contributed by atoms with Crippen LogP contribution >= 0.6 is 11.8 Å². The fraction of sp³-hybridized carbons (Fsp3) is 0.278. The summed E-state index contributed by atoms with van der Waals surface area (Å²) in [6.45, 7) is 3.15. The number of anilines is 1. The number of rotatable bonds is 7. The Kier molecular flexibility index (Phi) is 6.69. The van der Waals surface area contributed by atoms with Crippen LogP contribution in [0.1, 0.15) is 25.5 Å². The molecule has 0 radical (unpaired) electrons. The van der Waals surface area contributed by atoms with Crippen LogP contribution < -0.4 is 14.8 Å². The Labute approximate surface area is 158 Å². The molecule has 140 valence electrons. The third kappa shape index (κ3) is 5.00. The molecular formula is C18H22N2O4S2. The summed E-state index contributed by atoms with van der Waals surface area (Å²) in [5, 5.41) is 2.67. The van der Waals surface area contributed by atoms with Gasteiger partial charge in [-0.3, -0.25) is 4.79 Å². The van der Waals surface area contributed by atoms with Gasteiger partial charge in [-0.05, 0) is 49.1 Å². The Balaban J connectivity index is 2.26. The number of benzene rings is 2. The molecule has 0 aliphatic rings. The van der Waals surface area contributed by atoms with E-state index in [2.05, 4.69) is 10.0 Å². The first-order valence-electron chi connectivity index (χ1n) is 7.88. The van der Waals surface area contributed by atoms with Crippen molar-refractivity contribution in [2.45, 2.75) is 29.7 Å². The number of methoxy groups -OCH3 is 1. The van der Waals surface area contributed by atoms with Gasteiger partial charge >= 0.3 is 0 Å². The summed E-state index contributed by atoms with van der Waals surface area (Å²) in [4.78, 5) is 12.3. The van der Waals surface area contributed by atoms with Crippen LogP contribution in [-0.2, 0) is 14.8 Å². The molecule has 0 saturated carbocycles. The minimum Gasteiger partial charge on any atom is -0.497 e. The summed E-state index contributed by atoms with van der Waals surface area (Å²) in [5.74, 6) is 0.450. The molecule has 0 fully saturated rings. The molecule has 6 nitrogen and oxygen atoms in total. The van der Waals surface area contributed by atoms with Crippen molar-refractivity contribution in [3.05, 3.63) is 48.0 Å². The quantitative estimate of drug-likeness (QED) is 0.703. The number of ether oxygens (including phenoxy) is 1. The van der Waals surface area contributed by atoms with Crippen LogP contribution in [0.2, 0.25) is 0 Å². The number of sulfonamides is 1. The molecular weight excluding hydrogens is 372 g/mol. The predicted molar refractivity (Wildman–Crippen MR) is 104 cm³/mol. The Morgan fingerprint density at radius 2 is 1.81 bits per heavy atom. The van der Waals surface area contributed by atoms with E-state index < -0.39 is 16.1 Å². The maximum Gasteiger partial charge on any atom is 0.241 e. The lowest BCUT2D eigenvalue weighted by atomic mass is 10.1. The highest BCUT2D eigenvalue weighted by Gasteiger charge is 2.20. The van der Waals surface area contributed by atoms with E-state index in [0.717, 1.165) is 10.5 Å². The average Bonchev–Trinajstić information content (AvgIpc) is 2.60. The van der Waals surface area contributed by atoms with Gasteiger partial charge in [-0.15, -0.1) is 11.8 Å². The monoisotopic (exact) mass is 394 g/mol. The maximum atomic E-state index is 12.7. The van der Waals surface area contributed by atoms with Crippen LogP contribution in [0, 0.1) is 0 Å². The van der Waals surface area contributed by atoms with Crippen molar-refractivity contribution in [3.8, 4) is 5.75 Å². The van der Waals surface area contributed by atoms with E-state index in [1.165, 1.54) is 30.8 Å². The van der Waals surface area contributed by atoms with E-state index in [1.807, 2.05) is 18.4 Å². The second kappa shape index (κ2) is 8.57. The normalized spacial score (nSPS) is 12.5. The molecule has 0 aliphatic heterocycles. The van der Waals surface area contributed by atoms with E-state index in [4.69, 9.17) is 4.74 Å². The molecule has 0 aromatic heterocycles. The van der Waals surface area contributed by atoms with Crippen LogP contribution in [0.3, 0.4) is 0 Å². The molecule has 1 amide bonds. The number of amides is 1. The van der Waals surface area contributed by atoms with Crippen LogP contribution in [0.15, 0.2) is 52.3 Å². The molecule has 0 saturated heterocycles. The molecule has 26 heavy (non-hydrogen) atoms. The first-order valence-corrected chi connectivity index (χ1v) is 10.6. The lowest BCUT2D eigenvalue weighted by Gasteiger charge is -2.16. The zero-order valence-corrected chi connectivity index (χ0v) is 16.7. The van der Waals surface area contributed by atoms with Crippen molar-refractivity contribution < 1.29 is 17.9 Å². The SMILES string of the molecule is COc1ccc([C@H](C)NS(=O)(=O)c2ccc(SC)c(NC(C)=O)c2)cc1. The average molecular weight is 395 g/mol. The van der Waals surface area contributed by atoms with Crippen molar-refractivity contribution in [3.63, 3.8) is 0 Å². The lowest BCUT2D eigenvalue weighted by molar-refractivity contribution is -0.114. The number of thioether (sulfide) groups is 1. The highest BCUT2D eigenvalue weighted by Crippen LogP contribution is 2.29. The molecule has 2 N–H and O–H groups in total. The minimum atomic E-state index is -3.75. The van der Waals surface area contributed by atoms with Gasteiger partial charge < -0.3 is 10.1 Å². The van der Waals surface area contributed by atoms with E-state index in [1.54, 1.807) is 32.2 Å². The Morgan fingerprint density at radius 1 is 1.15 bits per heavy atom. The molecule has 0 heterocycles. The van der Waals surface area contributed by atoms with Crippen LogP contribution in [0.5, 0.6) is 5.75 Å². The van der Waals surface area contributed by atoms with E-state index in [-0.39, 0.29) is 10.8 Å². The fourth-order valence-corrected chi connectivity index (χ4v) is 4.19. The number of hydrogen-bond acceptors (Lipinski definition) is 5. The fourth-order valence-electron chi connectivity index (χ4n) is 2.40. The molecule has 2 aromatic carbocycles. The van der Waals surface area contributed by atoms with Gasteiger partial charge in [0.15, 0.2) is 0 Å². The molecule has 0 aliphatic carbocycles. The van der Waals surface area contributed by atoms with E-state index in [9.17, 15) is 13.2 Å². The van der Waals surface area contributed by atoms with Gasteiger partial charge in [-0.25, -0.2) is 13.1 Å². The van der Waals surface area contributed by atoms with Gasteiger partial charge in [0, 0.05) is 17.9 Å². The first-order chi connectivity index (χ1) is 12.3. The molecule has 2 aromatic rings. The largest absolute Gasteiger partial charge is 0.497 e. The molecule has 2 rings (SSSR count). The molecule has 0 spiro atoms. The third-order valence-electron chi connectivity index (χ3n) is 3.74. The van der Waals surface area contributed by atoms with E-state index >= 15 is 0 Å². The molecule has 0 unspecified atom stereocenters. The molecule has 0 bridgehead atoms. The van der Waals surface area contributed by atoms with Gasteiger partial charge in [-0.2, -0.15) is 0 Å². The third-order valence-corrected chi connectivity index (χ3v) is 6.07. The summed E-state index contributed by atoms with van der Waals surface area (Å²) in [6.07, 6.45) is 1.86. The van der Waals surface area contributed by atoms with Crippen molar-refractivity contribution in [1.29, 1.82) is 0 Å². The molecule has 1 atom stereocenters. The molecule has 8 heteroatoms. The highest BCUT2D eigenvalue weighted by atomic mass is 32.2. The summed E-state index contributed by atoms with van der Waals surface area (Å²) < 4.78 is 33.2. The number of hydrogen-bond donors (Lipinski definition) is 2. The summed E-state index contributed by atoms with van der Waals surface area (Å²) in [7, 11) is -2.17. The second-order valence-corrected chi connectivity index (χ2v) is 8.22. The van der Waals surface area contributed by atoms with Gasteiger partial charge in [0.1, 0.15) is 5.75 Å². The number of nitrogens with one attached hydrogen (secondary N) is 2. The summed E-state index contributed by atoms with van der Waals surface area (Å²) in [5.41, 5.74) is 1.29. The number of carbonyl (C=O) groups excluding carboxylic acids is 1. The summed E-state index contributed by atoms with van der Waals surface area (Å²) in [6, 6.07) is 11.4. The smallest absolute Gasteiger partial charge is 0.241 e. The van der Waals surface area contributed by atoms with E-state index in [0.29, 0.717) is 11.4 Å². The number of carbonyl (C=O) groups is 1. The highest BCUT2D eigenvalue weighted by molar-refractivity contribution is 7.98. The maximum absolute atomic E-state index is 12.7. The van der Waals surface area contributed by atoms with Crippen LogP contribution in [-0.4, -0.2) is 27.7 Å². The Hall–Kier alpha value is -2.03. The first kappa shape index (κ1) is 20.3. The zero-order valence-electron chi connectivity index (χ0n) is 15.1. The zero-order chi connectivity index (χ0) is 19.3. The minimum absolute atomic E-state index is 0.0967. The Morgan fingerprint density at radius 3 is 2.35 bits per heavy atom. The summed E-state index contributed by atoms with van der Waals surface area (Å²) >= 11 is 1.43. The predicted octanol–water partition coefficient (Wildman–Crippen LogP) is 3.42. The lowest BCUT2D eigenvalue weighted by Crippen LogP contribution is -2.27. The van der Waals surface area contributed by atoms with Gasteiger partial charge in [0.25, 0.3) is 0 Å². The van der Waals surface area contributed by atoms with Gasteiger partial charge in [0.2, 0.25) is 15.9 Å². The van der Waals surface area contributed by atoms with Crippen molar-refractivity contribution in [1.82, 2.24) is 4.72 Å². The Bertz CT molecular complexity index is 881. The van der Waals surface area contributed by atoms with Crippen molar-refractivity contribution in [2.24, 2.45) is 0 Å². The van der Waals surface area contributed by atoms with Gasteiger partial charge in [0.05, 0.1) is 17.7 Å². The second-order valence-electron chi connectivity index (χ2n) is 5.66. The van der Waals surface area contributed by atoms with Crippen molar-refractivity contribution in [2.75, 3.05) is 18.7 Å². The van der Waals surface area contributed by atoms with Gasteiger partial charge in [-0.1, -0.05) is 12.1 Å². The van der Waals surface area contributed by atoms with Crippen LogP contribution in [0.25, 0.3) is 0 Å². The van der Waals surface area contributed by atoms with Crippen molar-refractivity contribution >= 4 is 33.4 Å². The van der Waals surface area contributed by atoms with Crippen LogP contribution in [0.4, 0.5) is 5.69 Å². The standard InChI is InChI=1S/C18H22N2O4S2/c1-12(14-5-7-15(24-3)8-6-14)20-26(22,23)16-9-10-18(25-4)17(11-16)19-13(2)21/h5-12,20H,1-4H3,(H,19,21)/t12-/m0/s1.